The Morgan fingerprint density at radius 1 is 1.18 bits per heavy atom. The maximum Gasteiger partial charge on any atom is 0.406 e. The molecule has 3 aliphatic carbocycles. The van der Waals surface area contributed by atoms with Crippen LogP contribution in [0.5, 0.6) is 0 Å². The first kappa shape index (κ1) is 26.2. The number of hydrogen-bond donors (Lipinski definition) is 1. The van der Waals surface area contributed by atoms with Gasteiger partial charge in [-0.05, 0) is 80.5 Å². The zero-order chi connectivity index (χ0) is 24.2. The van der Waals surface area contributed by atoms with Crippen molar-refractivity contribution in [2.75, 3.05) is 20.7 Å². The number of rotatable bonds is 6. The van der Waals surface area contributed by atoms with Crippen LogP contribution >= 0.6 is 0 Å². The highest BCUT2D eigenvalue weighted by molar-refractivity contribution is 5.83. The minimum atomic E-state index is -0.907. The molecule has 3 saturated carbocycles. The number of carbonyl (C=O) groups is 2. The SMILES string of the molecule is CC(C)(/C=C/C(OC1CCCCO1)C1CC1)C1CC[C@H]2C(=O)CCC[C@]12C.CN(C)C(=O)O. The van der Waals surface area contributed by atoms with Gasteiger partial charge >= 0.3 is 6.09 Å². The van der Waals surface area contributed by atoms with Crippen molar-refractivity contribution in [3.05, 3.63) is 12.2 Å². The summed E-state index contributed by atoms with van der Waals surface area (Å²) >= 11 is 0. The normalized spacial score (nSPS) is 33.2. The summed E-state index contributed by atoms with van der Waals surface area (Å²) in [4.78, 5) is 23.2. The van der Waals surface area contributed by atoms with E-state index >= 15 is 0 Å². The van der Waals surface area contributed by atoms with Gasteiger partial charge in [0.15, 0.2) is 6.29 Å². The fourth-order valence-electron chi connectivity index (χ4n) is 6.34. The minimum absolute atomic E-state index is 0.0125. The Hall–Kier alpha value is -1.40. The molecule has 1 amide bonds. The van der Waals surface area contributed by atoms with Gasteiger partial charge < -0.3 is 19.5 Å². The molecule has 0 aromatic heterocycles. The van der Waals surface area contributed by atoms with Crippen LogP contribution in [-0.2, 0) is 14.3 Å². The van der Waals surface area contributed by atoms with Crippen LogP contribution in [0.3, 0.4) is 0 Å². The van der Waals surface area contributed by atoms with Crippen LogP contribution in [0.4, 0.5) is 4.79 Å². The first-order chi connectivity index (χ1) is 15.5. The third-order valence-corrected chi connectivity index (χ3v) is 8.39. The number of carboxylic acid groups (broad SMARTS) is 1. The molecule has 33 heavy (non-hydrogen) atoms. The van der Waals surface area contributed by atoms with Gasteiger partial charge in [-0.3, -0.25) is 4.79 Å². The second kappa shape index (κ2) is 10.9. The molecule has 4 rings (SSSR count). The molecule has 0 radical (unpaired) electrons. The number of allylic oxidation sites excluding steroid dienone is 1. The van der Waals surface area contributed by atoms with Crippen molar-refractivity contribution in [2.45, 2.75) is 97.4 Å². The topological polar surface area (TPSA) is 76.1 Å². The van der Waals surface area contributed by atoms with Crippen LogP contribution in [0.1, 0.15) is 85.0 Å². The number of nitrogens with zero attached hydrogens (tertiary/aromatic N) is 1. The fourth-order valence-corrected chi connectivity index (χ4v) is 6.34. The highest BCUT2D eigenvalue weighted by Gasteiger charge is 2.54. The Morgan fingerprint density at radius 3 is 2.45 bits per heavy atom. The Labute approximate surface area is 200 Å². The number of fused-ring (bicyclic) bond motifs is 1. The van der Waals surface area contributed by atoms with Gasteiger partial charge in [0.2, 0.25) is 0 Å². The van der Waals surface area contributed by atoms with Crippen molar-refractivity contribution in [1.82, 2.24) is 4.90 Å². The highest BCUT2D eigenvalue weighted by atomic mass is 16.7. The Morgan fingerprint density at radius 2 is 1.88 bits per heavy atom. The van der Waals surface area contributed by atoms with E-state index in [1.165, 1.54) is 46.2 Å². The summed E-state index contributed by atoms with van der Waals surface area (Å²) < 4.78 is 12.2. The molecule has 1 heterocycles. The molecule has 1 N–H and O–H groups in total. The highest BCUT2D eigenvalue weighted by Crippen LogP contribution is 2.60. The summed E-state index contributed by atoms with van der Waals surface area (Å²) in [6.45, 7) is 7.99. The van der Waals surface area contributed by atoms with Gasteiger partial charge in [0.25, 0.3) is 0 Å². The lowest BCUT2D eigenvalue weighted by Gasteiger charge is -2.45. The summed E-state index contributed by atoms with van der Waals surface area (Å²) in [6.07, 6.45) is 15.4. The smallest absolute Gasteiger partial charge is 0.406 e. The van der Waals surface area contributed by atoms with E-state index in [-0.39, 0.29) is 23.2 Å². The molecule has 6 heteroatoms. The minimum Gasteiger partial charge on any atom is -0.465 e. The van der Waals surface area contributed by atoms with Crippen molar-refractivity contribution in [3.63, 3.8) is 0 Å². The van der Waals surface area contributed by atoms with E-state index in [0.717, 1.165) is 43.6 Å². The second-order valence-corrected chi connectivity index (χ2v) is 11.6. The average Bonchev–Trinajstić information content (AvgIpc) is 3.53. The monoisotopic (exact) mass is 463 g/mol. The molecule has 6 nitrogen and oxygen atoms in total. The number of carbonyl (C=O) groups excluding carboxylic acids is 1. The number of hydrogen-bond acceptors (Lipinski definition) is 4. The molecule has 0 aromatic carbocycles. The van der Waals surface area contributed by atoms with Crippen molar-refractivity contribution in [3.8, 4) is 0 Å². The van der Waals surface area contributed by atoms with Gasteiger partial charge in [0.1, 0.15) is 5.78 Å². The molecular weight excluding hydrogens is 418 g/mol. The number of ether oxygens (including phenoxy) is 2. The Kier molecular flexibility index (Phi) is 8.66. The van der Waals surface area contributed by atoms with E-state index in [0.29, 0.717) is 23.5 Å². The van der Waals surface area contributed by atoms with Gasteiger partial charge in [-0.15, -0.1) is 0 Å². The number of amides is 1. The standard InChI is InChI=1S/C24H38O3.C3H7NO2/c1-23(2,21-12-11-18-19(25)7-6-14-24(18,21)3)15-13-20(17-9-10-17)27-22-8-4-5-16-26-22;1-4(2)3(5)6/h13,15,17-18,20-22H,4-12,14,16H2,1-3H3;1-2H3,(H,5,6)/b15-13+;/t18-,20?,21?,22?,24-;/m0./s1. The van der Waals surface area contributed by atoms with Gasteiger partial charge in [-0.2, -0.15) is 0 Å². The number of Topliss-reactive ketones (excluding diaryl/α,β-unsaturated/α-hetero) is 1. The van der Waals surface area contributed by atoms with E-state index in [2.05, 4.69) is 32.9 Å². The van der Waals surface area contributed by atoms with Crippen LogP contribution in [0.25, 0.3) is 0 Å². The van der Waals surface area contributed by atoms with Crippen molar-refractivity contribution in [1.29, 1.82) is 0 Å². The van der Waals surface area contributed by atoms with Crippen LogP contribution in [0.15, 0.2) is 12.2 Å². The zero-order valence-corrected chi connectivity index (χ0v) is 21.3. The predicted octanol–water partition coefficient (Wildman–Crippen LogP) is 5.90. The molecule has 3 unspecified atom stereocenters. The molecule has 0 spiro atoms. The van der Waals surface area contributed by atoms with Crippen LogP contribution in [0, 0.1) is 28.6 Å². The molecule has 1 saturated heterocycles. The largest absolute Gasteiger partial charge is 0.465 e. The molecule has 1 aliphatic heterocycles. The fraction of sp³-hybridized carbons (Fsp3) is 0.852. The van der Waals surface area contributed by atoms with Gasteiger partial charge in [-0.25, -0.2) is 4.79 Å². The maximum atomic E-state index is 12.5. The summed E-state index contributed by atoms with van der Waals surface area (Å²) in [5, 5.41) is 7.92. The molecule has 188 valence electrons. The van der Waals surface area contributed by atoms with E-state index in [1.807, 2.05) is 0 Å². The summed E-state index contributed by atoms with van der Waals surface area (Å²) in [5.41, 5.74) is 0.288. The lowest BCUT2D eigenvalue weighted by molar-refractivity contribution is -0.182. The molecule has 4 fully saturated rings. The molecule has 0 aromatic rings. The van der Waals surface area contributed by atoms with Crippen molar-refractivity contribution in [2.24, 2.45) is 28.6 Å². The second-order valence-electron chi connectivity index (χ2n) is 11.6. The summed E-state index contributed by atoms with van der Waals surface area (Å²) in [7, 11) is 2.95. The van der Waals surface area contributed by atoms with Gasteiger partial charge in [0, 0.05) is 33.0 Å². The quantitative estimate of drug-likeness (QED) is 0.496. The predicted molar refractivity (Wildman–Crippen MR) is 129 cm³/mol. The average molecular weight is 464 g/mol. The van der Waals surface area contributed by atoms with Crippen molar-refractivity contribution >= 4 is 11.9 Å². The maximum absolute atomic E-state index is 12.5. The molecular formula is C27H45NO5. The van der Waals surface area contributed by atoms with Crippen LogP contribution in [0.2, 0.25) is 0 Å². The molecule has 5 atom stereocenters. The first-order valence-corrected chi connectivity index (χ1v) is 12.9. The third-order valence-electron chi connectivity index (χ3n) is 8.39. The third kappa shape index (κ3) is 6.60. The first-order valence-electron chi connectivity index (χ1n) is 12.9. The van der Waals surface area contributed by atoms with Crippen LogP contribution < -0.4 is 0 Å². The Balaban J connectivity index is 0.000000454. The van der Waals surface area contributed by atoms with Crippen LogP contribution in [-0.4, -0.2) is 55.0 Å². The molecule has 4 aliphatic rings. The van der Waals surface area contributed by atoms with Crippen molar-refractivity contribution < 1.29 is 24.2 Å². The van der Waals surface area contributed by atoms with E-state index in [4.69, 9.17) is 14.6 Å². The van der Waals surface area contributed by atoms with E-state index in [1.54, 1.807) is 0 Å². The van der Waals surface area contributed by atoms with E-state index < -0.39 is 6.09 Å². The number of ketones is 1. The zero-order valence-electron chi connectivity index (χ0n) is 21.3. The lowest BCUT2D eigenvalue weighted by atomic mass is 9.58. The van der Waals surface area contributed by atoms with E-state index in [9.17, 15) is 9.59 Å². The van der Waals surface area contributed by atoms with Gasteiger partial charge in [-0.1, -0.05) is 32.9 Å². The van der Waals surface area contributed by atoms with Gasteiger partial charge in [0.05, 0.1) is 6.10 Å². The lowest BCUT2D eigenvalue weighted by Crippen LogP contribution is -2.42. The molecule has 0 bridgehead atoms. The Bertz CT molecular complexity index is 707. The summed E-state index contributed by atoms with van der Waals surface area (Å²) in [6, 6.07) is 0. The summed E-state index contributed by atoms with van der Waals surface area (Å²) in [5.74, 6) is 2.08.